The molecule has 4 nitrogen and oxygen atoms in total. The summed E-state index contributed by atoms with van der Waals surface area (Å²) >= 11 is 0. The molecule has 0 bridgehead atoms. The first-order valence-corrected chi connectivity index (χ1v) is 6.46. The van der Waals surface area contributed by atoms with Gasteiger partial charge in [0.25, 0.3) is 0 Å². The maximum atomic E-state index is 11.6. The lowest BCUT2D eigenvalue weighted by atomic mass is 9.66. The molecule has 0 saturated heterocycles. The summed E-state index contributed by atoms with van der Waals surface area (Å²) in [5, 5.41) is 10.6. The summed E-state index contributed by atoms with van der Waals surface area (Å²) < 4.78 is 7.35. The Labute approximate surface area is 111 Å². The molecular formula is C15H17NO3. The van der Waals surface area contributed by atoms with Crippen molar-refractivity contribution in [3.8, 4) is 5.75 Å². The van der Waals surface area contributed by atoms with Crippen LogP contribution in [-0.4, -0.2) is 22.8 Å². The Balaban J connectivity index is 2.26. The van der Waals surface area contributed by atoms with Crippen LogP contribution >= 0.6 is 0 Å². The number of hydrogen-bond donors (Lipinski definition) is 1. The van der Waals surface area contributed by atoms with E-state index in [2.05, 4.69) is 0 Å². The van der Waals surface area contributed by atoms with Crippen LogP contribution in [0.4, 0.5) is 0 Å². The molecule has 3 rings (SSSR count). The van der Waals surface area contributed by atoms with E-state index in [1.54, 1.807) is 7.11 Å². The topological polar surface area (TPSA) is 51.5 Å². The predicted octanol–water partition coefficient (Wildman–Crippen LogP) is 2.69. The highest BCUT2D eigenvalue weighted by Gasteiger charge is 2.48. The van der Waals surface area contributed by atoms with Gasteiger partial charge in [0.2, 0.25) is 0 Å². The van der Waals surface area contributed by atoms with E-state index in [4.69, 9.17) is 4.74 Å². The molecule has 100 valence electrons. The smallest absolute Gasteiger partial charge is 0.315 e. The van der Waals surface area contributed by atoms with Crippen molar-refractivity contribution < 1.29 is 14.6 Å². The molecule has 1 fully saturated rings. The van der Waals surface area contributed by atoms with Crippen LogP contribution in [0.2, 0.25) is 0 Å². The minimum Gasteiger partial charge on any atom is -0.496 e. The molecule has 0 aliphatic heterocycles. The second kappa shape index (κ2) is 4.02. The van der Waals surface area contributed by atoms with Gasteiger partial charge in [0, 0.05) is 18.1 Å². The molecule has 0 unspecified atom stereocenters. The van der Waals surface area contributed by atoms with E-state index in [-0.39, 0.29) is 0 Å². The molecule has 1 aromatic carbocycles. The van der Waals surface area contributed by atoms with E-state index in [0.29, 0.717) is 0 Å². The fourth-order valence-electron chi connectivity index (χ4n) is 3.08. The summed E-state index contributed by atoms with van der Waals surface area (Å²) in [6.07, 6.45) is 2.41. The summed E-state index contributed by atoms with van der Waals surface area (Å²) in [7, 11) is 3.57. The fourth-order valence-corrected chi connectivity index (χ4v) is 3.08. The monoisotopic (exact) mass is 259 g/mol. The number of carbonyl (C=O) groups is 1. The highest BCUT2D eigenvalue weighted by molar-refractivity contribution is 5.91. The number of methoxy groups -OCH3 is 1. The van der Waals surface area contributed by atoms with Crippen LogP contribution in [0, 0.1) is 0 Å². The number of ether oxygens (including phenoxy) is 1. The van der Waals surface area contributed by atoms with Gasteiger partial charge in [-0.2, -0.15) is 0 Å². The molecule has 0 spiro atoms. The van der Waals surface area contributed by atoms with Crippen molar-refractivity contribution in [3.63, 3.8) is 0 Å². The molecule has 1 aromatic heterocycles. The molecular weight excluding hydrogens is 242 g/mol. The molecule has 4 heteroatoms. The van der Waals surface area contributed by atoms with Gasteiger partial charge in [-0.25, -0.2) is 0 Å². The van der Waals surface area contributed by atoms with Crippen molar-refractivity contribution in [2.75, 3.05) is 7.11 Å². The first kappa shape index (κ1) is 12.1. The van der Waals surface area contributed by atoms with E-state index in [1.807, 2.05) is 35.9 Å². The van der Waals surface area contributed by atoms with Gasteiger partial charge in [0.15, 0.2) is 0 Å². The molecule has 0 amide bonds. The van der Waals surface area contributed by atoms with Crippen LogP contribution in [0.5, 0.6) is 5.75 Å². The van der Waals surface area contributed by atoms with Crippen molar-refractivity contribution in [1.82, 2.24) is 4.57 Å². The van der Waals surface area contributed by atoms with Crippen molar-refractivity contribution in [2.45, 2.75) is 24.7 Å². The SMILES string of the molecule is COc1cccc2c1cc(C1(C(=O)O)CCC1)n2C. The fraction of sp³-hybridized carbons (Fsp3) is 0.400. The van der Waals surface area contributed by atoms with Gasteiger partial charge in [-0.1, -0.05) is 12.5 Å². The highest BCUT2D eigenvalue weighted by atomic mass is 16.5. The van der Waals surface area contributed by atoms with Crippen molar-refractivity contribution >= 4 is 16.9 Å². The van der Waals surface area contributed by atoms with Crippen molar-refractivity contribution in [1.29, 1.82) is 0 Å². The number of rotatable bonds is 3. The lowest BCUT2D eigenvalue weighted by molar-refractivity contribution is -0.147. The van der Waals surface area contributed by atoms with Gasteiger partial charge >= 0.3 is 5.97 Å². The van der Waals surface area contributed by atoms with Crippen LogP contribution in [0.25, 0.3) is 10.9 Å². The second-order valence-corrected chi connectivity index (χ2v) is 5.22. The molecule has 2 aromatic rings. The maximum Gasteiger partial charge on any atom is 0.315 e. The van der Waals surface area contributed by atoms with Crippen LogP contribution < -0.4 is 4.74 Å². The summed E-state index contributed by atoms with van der Waals surface area (Å²) in [5.41, 5.74) is 1.19. The average Bonchev–Trinajstić information content (AvgIpc) is 2.66. The number of nitrogens with zero attached hydrogens (tertiary/aromatic N) is 1. The minimum absolute atomic E-state index is 0.710. The number of aromatic nitrogens is 1. The van der Waals surface area contributed by atoms with Gasteiger partial charge in [0.1, 0.15) is 11.2 Å². The Morgan fingerprint density at radius 1 is 1.42 bits per heavy atom. The molecule has 1 heterocycles. The third kappa shape index (κ3) is 1.49. The number of fused-ring (bicyclic) bond motifs is 1. The predicted molar refractivity (Wildman–Crippen MR) is 72.6 cm³/mol. The summed E-state index contributed by atoms with van der Waals surface area (Å²) in [6.45, 7) is 0. The zero-order valence-corrected chi connectivity index (χ0v) is 11.1. The van der Waals surface area contributed by atoms with Crippen molar-refractivity contribution in [3.05, 3.63) is 30.0 Å². The first-order chi connectivity index (χ1) is 9.10. The van der Waals surface area contributed by atoms with Gasteiger partial charge in [-0.15, -0.1) is 0 Å². The summed E-state index contributed by atoms with van der Waals surface area (Å²) in [6, 6.07) is 7.80. The number of carboxylic acids is 1. The Kier molecular flexibility index (Phi) is 2.55. The third-order valence-electron chi connectivity index (χ3n) is 4.37. The van der Waals surface area contributed by atoms with Gasteiger partial charge in [0.05, 0.1) is 12.6 Å². The number of aliphatic carboxylic acids is 1. The van der Waals surface area contributed by atoms with Crippen LogP contribution in [0.1, 0.15) is 25.0 Å². The molecule has 19 heavy (non-hydrogen) atoms. The third-order valence-corrected chi connectivity index (χ3v) is 4.37. The van der Waals surface area contributed by atoms with Crippen LogP contribution in [0.3, 0.4) is 0 Å². The Morgan fingerprint density at radius 2 is 2.16 bits per heavy atom. The first-order valence-electron chi connectivity index (χ1n) is 6.46. The lowest BCUT2D eigenvalue weighted by Crippen LogP contribution is -2.43. The van der Waals surface area contributed by atoms with E-state index in [9.17, 15) is 9.90 Å². The van der Waals surface area contributed by atoms with Gasteiger partial charge < -0.3 is 14.4 Å². The zero-order chi connectivity index (χ0) is 13.6. The molecule has 1 saturated carbocycles. The quantitative estimate of drug-likeness (QED) is 0.922. The molecule has 1 aliphatic rings. The van der Waals surface area contributed by atoms with Crippen LogP contribution in [0.15, 0.2) is 24.3 Å². The Hall–Kier alpha value is -1.97. The highest BCUT2D eigenvalue weighted by Crippen LogP contribution is 2.46. The zero-order valence-electron chi connectivity index (χ0n) is 11.1. The number of aryl methyl sites for hydroxylation is 1. The molecule has 0 atom stereocenters. The lowest BCUT2D eigenvalue weighted by Gasteiger charge is -2.38. The van der Waals surface area contributed by atoms with E-state index < -0.39 is 11.4 Å². The summed E-state index contributed by atoms with van der Waals surface area (Å²) in [5.74, 6) is 0.0721. The van der Waals surface area contributed by atoms with E-state index >= 15 is 0 Å². The van der Waals surface area contributed by atoms with E-state index in [1.165, 1.54) is 0 Å². The average molecular weight is 259 g/mol. The normalized spacial score (nSPS) is 17.2. The van der Waals surface area contributed by atoms with Crippen molar-refractivity contribution in [2.24, 2.45) is 7.05 Å². The largest absolute Gasteiger partial charge is 0.496 e. The van der Waals surface area contributed by atoms with Gasteiger partial charge in [-0.3, -0.25) is 4.79 Å². The number of hydrogen-bond acceptors (Lipinski definition) is 2. The van der Waals surface area contributed by atoms with E-state index in [0.717, 1.165) is 41.6 Å². The Morgan fingerprint density at radius 3 is 2.68 bits per heavy atom. The standard InChI is InChI=1S/C15H17NO3/c1-16-11-5-3-6-12(19-2)10(11)9-13(16)15(14(17)18)7-4-8-15/h3,5-6,9H,4,7-8H2,1-2H3,(H,17,18). The molecule has 1 aliphatic carbocycles. The van der Waals surface area contributed by atoms with Crippen LogP contribution in [-0.2, 0) is 17.3 Å². The number of benzene rings is 1. The minimum atomic E-state index is -0.719. The molecule has 1 N–H and O–H groups in total. The van der Waals surface area contributed by atoms with Gasteiger partial charge in [-0.05, 0) is 31.0 Å². The number of carboxylic acid groups (broad SMARTS) is 1. The molecule has 0 radical (unpaired) electrons. The maximum absolute atomic E-state index is 11.6. The second-order valence-electron chi connectivity index (χ2n) is 5.22. The Bertz CT molecular complexity index is 653. The summed E-state index contributed by atoms with van der Waals surface area (Å²) in [4.78, 5) is 11.6.